The molecule has 0 saturated carbocycles. The number of hydroxylamine groups is 2. The lowest BCUT2D eigenvalue weighted by molar-refractivity contribution is -0.163. The highest BCUT2D eigenvalue weighted by molar-refractivity contribution is 5.86. The van der Waals surface area contributed by atoms with E-state index in [1.54, 1.807) is 0 Å². The van der Waals surface area contributed by atoms with Crippen molar-refractivity contribution < 1.29 is 14.4 Å². The van der Waals surface area contributed by atoms with Crippen molar-refractivity contribution in [2.24, 2.45) is 13.0 Å². The van der Waals surface area contributed by atoms with Gasteiger partial charge in [-0.25, -0.2) is 0 Å². The van der Waals surface area contributed by atoms with Gasteiger partial charge in [0.2, 0.25) is 0 Å². The number of ether oxygens (including phenoxy) is 1. The van der Waals surface area contributed by atoms with Gasteiger partial charge in [-0.2, -0.15) is 5.06 Å². The fourth-order valence-corrected chi connectivity index (χ4v) is 4.32. The molecular formula is C18H22N2O3. The van der Waals surface area contributed by atoms with Crippen molar-refractivity contribution in [3.05, 3.63) is 35.5 Å². The molecule has 1 aromatic heterocycles. The molecule has 23 heavy (non-hydrogen) atoms. The number of fused-ring (bicyclic) bond motifs is 6. The normalized spacial score (nSPS) is 29.3. The van der Waals surface area contributed by atoms with Gasteiger partial charge in [0.1, 0.15) is 12.0 Å². The number of benzene rings is 1. The van der Waals surface area contributed by atoms with Gasteiger partial charge >= 0.3 is 5.97 Å². The van der Waals surface area contributed by atoms with E-state index in [2.05, 4.69) is 42.8 Å². The minimum absolute atomic E-state index is 0.0820. The van der Waals surface area contributed by atoms with Crippen LogP contribution in [0.3, 0.4) is 0 Å². The smallest absolute Gasteiger partial charge is 0.313 e. The van der Waals surface area contributed by atoms with E-state index in [4.69, 9.17) is 9.57 Å². The number of aryl methyl sites for hydroxylation is 1. The van der Waals surface area contributed by atoms with E-state index in [1.807, 2.05) is 5.06 Å². The lowest BCUT2D eigenvalue weighted by Crippen LogP contribution is -2.37. The van der Waals surface area contributed by atoms with Crippen molar-refractivity contribution in [2.75, 3.05) is 13.7 Å². The number of hydrogen-bond donors (Lipinski definition) is 0. The summed E-state index contributed by atoms with van der Waals surface area (Å²) in [5.74, 6) is -0.450. The molecule has 2 aliphatic rings. The third-order valence-corrected chi connectivity index (χ3v) is 5.36. The lowest BCUT2D eigenvalue weighted by Gasteiger charge is -2.24. The summed E-state index contributed by atoms with van der Waals surface area (Å²) < 4.78 is 7.28. The maximum Gasteiger partial charge on any atom is 0.313 e. The zero-order valence-electron chi connectivity index (χ0n) is 13.8. The molecule has 2 aliphatic heterocycles. The number of methoxy groups -OCH3 is 1. The summed E-state index contributed by atoms with van der Waals surface area (Å²) in [6.45, 7) is 2.91. The number of aromatic nitrogens is 1. The Kier molecular flexibility index (Phi) is 3.43. The SMILES string of the molecule is CC[C@@H]1[C@@H](C(=O)OC)[C@@H]2ON1CCc1c2n(C)c2ccccc12. The molecule has 4 atom stereocenters. The summed E-state index contributed by atoms with van der Waals surface area (Å²) in [5, 5.41) is 3.26. The highest BCUT2D eigenvalue weighted by Crippen LogP contribution is 2.46. The van der Waals surface area contributed by atoms with E-state index in [-0.39, 0.29) is 24.0 Å². The Labute approximate surface area is 135 Å². The molecule has 5 nitrogen and oxygen atoms in total. The Bertz CT molecular complexity index is 767. The zero-order chi connectivity index (χ0) is 16.1. The molecule has 2 aromatic rings. The van der Waals surface area contributed by atoms with Gasteiger partial charge < -0.3 is 9.30 Å². The molecular weight excluding hydrogens is 292 g/mol. The van der Waals surface area contributed by atoms with Crippen LogP contribution in [-0.4, -0.2) is 35.3 Å². The van der Waals surface area contributed by atoms with E-state index in [9.17, 15) is 4.79 Å². The highest BCUT2D eigenvalue weighted by Gasteiger charge is 2.51. The number of hydrogen-bond acceptors (Lipinski definition) is 4. The standard InChI is InChI=1S/C18H22N2O3/c1-4-13-15(18(21)22-3)17-16-12(9-10-20(13)23-17)11-7-5-6-8-14(11)19(16)2/h5-8,13,15,17H,4,9-10H2,1-3H3/t13-,15-,17+/m1/s1. The van der Waals surface area contributed by atoms with Crippen LogP contribution in [-0.2, 0) is 27.8 Å². The Hall–Kier alpha value is -1.85. The fourth-order valence-electron chi connectivity index (χ4n) is 4.32. The fraction of sp³-hybridized carbons (Fsp3) is 0.500. The highest BCUT2D eigenvalue weighted by atomic mass is 16.7. The second-order valence-corrected chi connectivity index (χ2v) is 6.38. The van der Waals surface area contributed by atoms with Crippen LogP contribution in [0.25, 0.3) is 10.9 Å². The van der Waals surface area contributed by atoms with E-state index in [1.165, 1.54) is 23.6 Å². The van der Waals surface area contributed by atoms with Gasteiger partial charge in [0, 0.05) is 24.5 Å². The van der Waals surface area contributed by atoms with Crippen molar-refractivity contribution in [3.8, 4) is 0 Å². The molecule has 0 amide bonds. The summed E-state index contributed by atoms with van der Waals surface area (Å²) in [5.41, 5.74) is 3.62. The van der Waals surface area contributed by atoms with Crippen LogP contribution in [0.5, 0.6) is 0 Å². The maximum absolute atomic E-state index is 12.4. The summed E-state index contributed by atoms with van der Waals surface area (Å²) in [6, 6.07) is 8.49. The third kappa shape index (κ3) is 1.96. The molecule has 1 aromatic carbocycles. The average Bonchev–Trinajstić information content (AvgIpc) is 2.98. The predicted octanol–water partition coefficient (Wildman–Crippen LogP) is 2.59. The molecule has 4 rings (SSSR count). The van der Waals surface area contributed by atoms with E-state index >= 15 is 0 Å². The first-order chi connectivity index (χ1) is 11.2. The van der Waals surface area contributed by atoms with Crippen molar-refractivity contribution in [3.63, 3.8) is 0 Å². The summed E-state index contributed by atoms with van der Waals surface area (Å²) >= 11 is 0. The van der Waals surface area contributed by atoms with Gasteiger partial charge in [-0.05, 0) is 24.5 Å². The monoisotopic (exact) mass is 314 g/mol. The van der Waals surface area contributed by atoms with Crippen LogP contribution in [0.2, 0.25) is 0 Å². The first kappa shape index (κ1) is 14.7. The topological polar surface area (TPSA) is 43.7 Å². The van der Waals surface area contributed by atoms with Gasteiger partial charge in [0.15, 0.2) is 0 Å². The Morgan fingerprint density at radius 1 is 1.39 bits per heavy atom. The van der Waals surface area contributed by atoms with Gasteiger partial charge in [0.25, 0.3) is 0 Å². The van der Waals surface area contributed by atoms with Crippen LogP contribution in [0.1, 0.15) is 30.7 Å². The van der Waals surface area contributed by atoms with Crippen LogP contribution in [0, 0.1) is 5.92 Å². The van der Waals surface area contributed by atoms with E-state index in [0.717, 1.165) is 25.1 Å². The largest absolute Gasteiger partial charge is 0.469 e. The second-order valence-electron chi connectivity index (χ2n) is 6.38. The summed E-state index contributed by atoms with van der Waals surface area (Å²) in [7, 11) is 3.52. The van der Waals surface area contributed by atoms with E-state index in [0.29, 0.717) is 0 Å². The first-order valence-corrected chi connectivity index (χ1v) is 8.24. The molecule has 3 heterocycles. The van der Waals surface area contributed by atoms with Gasteiger partial charge in [-0.15, -0.1) is 0 Å². The minimum atomic E-state index is -0.271. The number of para-hydroxylation sites is 1. The molecule has 1 unspecified atom stereocenters. The average molecular weight is 314 g/mol. The Morgan fingerprint density at radius 3 is 2.91 bits per heavy atom. The Balaban J connectivity index is 1.92. The summed E-state index contributed by atoms with van der Waals surface area (Å²) in [4.78, 5) is 18.6. The minimum Gasteiger partial charge on any atom is -0.469 e. The molecule has 2 bridgehead atoms. The predicted molar refractivity (Wildman–Crippen MR) is 86.7 cm³/mol. The second kappa shape index (κ2) is 5.35. The number of carbonyl (C=O) groups excluding carboxylic acids is 1. The molecule has 0 radical (unpaired) electrons. The third-order valence-electron chi connectivity index (χ3n) is 5.36. The van der Waals surface area contributed by atoms with Crippen molar-refractivity contribution in [1.82, 2.24) is 9.63 Å². The molecule has 5 heteroatoms. The van der Waals surface area contributed by atoms with Crippen LogP contribution in [0.15, 0.2) is 24.3 Å². The molecule has 1 fully saturated rings. The van der Waals surface area contributed by atoms with Crippen LogP contribution >= 0.6 is 0 Å². The summed E-state index contributed by atoms with van der Waals surface area (Å²) in [6.07, 6.45) is 1.55. The van der Waals surface area contributed by atoms with Gasteiger partial charge in [-0.3, -0.25) is 9.63 Å². The number of carbonyl (C=O) groups is 1. The molecule has 1 saturated heterocycles. The maximum atomic E-state index is 12.4. The quantitative estimate of drug-likeness (QED) is 0.799. The molecule has 0 aliphatic carbocycles. The molecule has 0 spiro atoms. The van der Waals surface area contributed by atoms with Crippen molar-refractivity contribution >= 4 is 16.9 Å². The van der Waals surface area contributed by atoms with E-state index < -0.39 is 0 Å². The lowest BCUT2D eigenvalue weighted by atomic mass is 9.87. The van der Waals surface area contributed by atoms with Crippen molar-refractivity contribution in [1.29, 1.82) is 0 Å². The number of esters is 1. The number of nitrogens with zero attached hydrogens (tertiary/aromatic N) is 2. The number of rotatable bonds is 2. The van der Waals surface area contributed by atoms with Gasteiger partial charge in [0.05, 0.1) is 18.8 Å². The molecule has 0 N–H and O–H groups in total. The van der Waals surface area contributed by atoms with Gasteiger partial charge in [-0.1, -0.05) is 25.1 Å². The zero-order valence-corrected chi connectivity index (χ0v) is 13.8. The van der Waals surface area contributed by atoms with Crippen molar-refractivity contribution in [2.45, 2.75) is 31.9 Å². The molecule has 122 valence electrons. The van der Waals surface area contributed by atoms with Crippen LogP contribution < -0.4 is 0 Å². The Morgan fingerprint density at radius 2 is 2.17 bits per heavy atom. The first-order valence-electron chi connectivity index (χ1n) is 8.24. The van der Waals surface area contributed by atoms with Crippen LogP contribution in [0.4, 0.5) is 0 Å².